The summed E-state index contributed by atoms with van der Waals surface area (Å²) in [5.74, 6) is -0.0825. The Bertz CT molecular complexity index is 686. The number of nitrogens with zero attached hydrogens (tertiary/aromatic N) is 1. The van der Waals surface area contributed by atoms with Gasteiger partial charge >= 0.3 is 0 Å². The lowest BCUT2D eigenvalue weighted by molar-refractivity contribution is 0.0776. The van der Waals surface area contributed by atoms with E-state index in [-0.39, 0.29) is 11.7 Å². The van der Waals surface area contributed by atoms with Gasteiger partial charge in [-0.3, -0.25) is 4.79 Å². The molecule has 0 bridgehead atoms. The maximum Gasteiger partial charge on any atom is 0.255 e. The molecule has 108 valence electrons. The van der Waals surface area contributed by atoms with E-state index in [0.717, 1.165) is 33.1 Å². The molecular weight excluding hydrogens is 380 g/mol. The average molecular weight is 395 g/mol. The Labute approximate surface area is 137 Å². The Kier molecular flexibility index (Phi) is 4.24. The first-order chi connectivity index (χ1) is 10.1. The fourth-order valence-corrected chi connectivity index (χ4v) is 3.51. The van der Waals surface area contributed by atoms with Crippen LogP contribution in [0.15, 0.2) is 42.5 Å². The zero-order chi connectivity index (χ0) is 14.8. The average Bonchev–Trinajstić information content (AvgIpc) is 2.77. The van der Waals surface area contributed by atoms with Crippen LogP contribution in [0.25, 0.3) is 0 Å². The molecule has 1 aliphatic heterocycles. The molecule has 1 aliphatic rings. The van der Waals surface area contributed by atoms with E-state index in [1.165, 1.54) is 6.07 Å². The van der Waals surface area contributed by atoms with E-state index in [2.05, 4.69) is 22.6 Å². The van der Waals surface area contributed by atoms with Gasteiger partial charge in [-0.05, 0) is 64.8 Å². The van der Waals surface area contributed by atoms with Crippen LogP contribution in [0, 0.1) is 9.39 Å². The number of hydrogen-bond acceptors (Lipinski definition) is 1. The number of carbonyl (C=O) groups is 1. The first kappa shape index (κ1) is 14.5. The third-order valence-electron chi connectivity index (χ3n) is 3.74. The van der Waals surface area contributed by atoms with Crippen LogP contribution >= 0.6 is 22.6 Å². The fraction of sp³-hybridized carbons (Fsp3) is 0.235. The SMILES string of the molecule is O=C1c2c(I)cccc2CN1CCCc1cccc(F)c1. The van der Waals surface area contributed by atoms with Crippen molar-refractivity contribution in [3.05, 3.63) is 68.5 Å². The van der Waals surface area contributed by atoms with Gasteiger partial charge in [0.2, 0.25) is 0 Å². The molecule has 0 N–H and O–H groups in total. The number of fused-ring (bicyclic) bond motifs is 1. The van der Waals surface area contributed by atoms with Crippen LogP contribution in [0.3, 0.4) is 0 Å². The lowest BCUT2D eigenvalue weighted by atomic mass is 10.1. The molecular formula is C17H15FINO. The number of amides is 1. The van der Waals surface area contributed by atoms with Crippen molar-refractivity contribution >= 4 is 28.5 Å². The molecule has 0 atom stereocenters. The van der Waals surface area contributed by atoms with Gasteiger partial charge < -0.3 is 4.90 Å². The number of benzene rings is 2. The molecule has 0 aromatic heterocycles. The quantitative estimate of drug-likeness (QED) is 0.717. The minimum Gasteiger partial charge on any atom is -0.334 e. The summed E-state index contributed by atoms with van der Waals surface area (Å²) < 4.78 is 14.1. The molecule has 21 heavy (non-hydrogen) atoms. The van der Waals surface area contributed by atoms with Gasteiger partial charge in [0.15, 0.2) is 0 Å². The lowest BCUT2D eigenvalue weighted by Crippen LogP contribution is -2.25. The molecule has 2 aromatic rings. The molecule has 1 heterocycles. The van der Waals surface area contributed by atoms with E-state index in [1.807, 2.05) is 29.2 Å². The molecule has 0 saturated carbocycles. The molecule has 0 spiro atoms. The molecule has 0 saturated heterocycles. The Balaban J connectivity index is 1.61. The summed E-state index contributed by atoms with van der Waals surface area (Å²) in [6.07, 6.45) is 1.63. The molecule has 0 fully saturated rings. The number of hydrogen-bond donors (Lipinski definition) is 0. The summed E-state index contributed by atoms with van der Waals surface area (Å²) >= 11 is 2.21. The first-order valence-electron chi connectivity index (χ1n) is 6.96. The van der Waals surface area contributed by atoms with Crippen molar-refractivity contribution in [2.45, 2.75) is 19.4 Å². The van der Waals surface area contributed by atoms with Gasteiger partial charge in [0.05, 0.1) is 5.56 Å². The Hall–Kier alpha value is -1.43. The van der Waals surface area contributed by atoms with Crippen molar-refractivity contribution in [1.29, 1.82) is 0 Å². The Morgan fingerprint density at radius 2 is 2.00 bits per heavy atom. The molecule has 2 aromatic carbocycles. The third-order valence-corrected chi connectivity index (χ3v) is 4.64. The highest BCUT2D eigenvalue weighted by molar-refractivity contribution is 14.1. The van der Waals surface area contributed by atoms with E-state index in [9.17, 15) is 9.18 Å². The van der Waals surface area contributed by atoms with Gasteiger partial charge in [-0.25, -0.2) is 4.39 Å². The maximum atomic E-state index is 13.1. The highest BCUT2D eigenvalue weighted by Crippen LogP contribution is 2.27. The van der Waals surface area contributed by atoms with Gasteiger partial charge in [0.1, 0.15) is 5.82 Å². The smallest absolute Gasteiger partial charge is 0.255 e. The van der Waals surface area contributed by atoms with Gasteiger partial charge in [0.25, 0.3) is 5.91 Å². The van der Waals surface area contributed by atoms with Crippen molar-refractivity contribution in [3.8, 4) is 0 Å². The molecule has 0 radical (unpaired) electrons. The molecule has 0 unspecified atom stereocenters. The van der Waals surface area contributed by atoms with E-state index in [0.29, 0.717) is 13.1 Å². The van der Waals surface area contributed by atoms with E-state index >= 15 is 0 Å². The van der Waals surface area contributed by atoms with Gasteiger partial charge in [-0.15, -0.1) is 0 Å². The largest absolute Gasteiger partial charge is 0.334 e. The maximum absolute atomic E-state index is 13.1. The summed E-state index contributed by atoms with van der Waals surface area (Å²) in [5.41, 5.74) is 2.94. The summed E-state index contributed by atoms with van der Waals surface area (Å²) in [6.45, 7) is 1.40. The number of carbonyl (C=O) groups excluding carboxylic acids is 1. The van der Waals surface area contributed by atoms with Crippen LogP contribution in [0.5, 0.6) is 0 Å². The van der Waals surface area contributed by atoms with Crippen LogP contribution < -0.4 is 0 Å². The lowest BCUT2D eigenvalue weighted by Gasteiger charge is -2.15. The zero-order valence-electron chi connectivity index (χ0n) is 11.5. The van der Waals surface area contributed by atoms with Crippen LogP contribution in [-0.2, 0) is 13.0 Å². The summed E-state index contributed by atoms with van der Waals surface area (Å²) in [5, 5.41) is 0. The second-order valence-corrected chi connectivity index (χ2v) is 6.40. The van der Waals surface area contributed by atoms with Crippen molar-refractivity contribution in [1.82, 2.24) is 4.90 Å². The summed E-state index contributed by atoms with van der Waals surface area (Å²) in [4.78, 5) is 14.3. The predicted octanol–water partition coefficient (Wildman–Crippen LogP) is 4.02. The summed E-state index contributed by atoms with van der Waals surface area (Å²) in [7, 11) is 0. The number of rotatable bonds is 4. The first-order valence-corrected chi connectivity index (χ1v) is 8.04. The van der Waals surface area contributed by atoms with Gasteiger partial charge in [0, 0.05) is 16.7 Å². The Morgan fingerprint density at radius 1 is 1.19 bits per heavy atom. The molecule has 1 amide bonds. The predicted molar refractivity (Wildman–Crippen MR) is 88.6 cm³/mol. The topological polar surface area (TPSA) is 20.3 Å². The second-order valence-electron chi connectivity index (χ2n) is 5.23. The van der Waals surface area contributed by atoms with Crippen LogP contribution in [0.2, 0.25) is 0 Å². The van der Waals surface area contributed by atoms with Crippen molar-refractivity contribution < 1.29 is 9.18 Å². The van der Waals surface area contributed by atoms with E-state index in [1.54, 1.807) is 12.1 Å². The monoisotopic (exact) mass is 395 g/mol. The highest BCUT2D eigenvalue weighted by Gasteiger charge is 2.28. The number of aryl methyl sites for hydroxylation is 1. The fourth-order valence-electron chi connectivity index (χ4n) is 2.72. The van der Waals surface area contributed by atoms with E-state index < -0.39 is 0 Å². The van der Waals surface area contributed by atoms with Crippen molar-refractivity contribution in [2.24, 2.45) is 0 Å². The second kappa shape index (κ2) is 6.13. The molecule has 2 nitrogen and oxygen atoms in total. The highest BCUT2D eigenvalue weighted by atomic mass is 127. The van der Waals surface area contributed by atoms with Crippen LogP contribution in [0.4, 0.5) is 4.39 Å². The van der Waals surface area contributed by atoms with Crippen LogP contribution in [0.1, 0.15) is 27.9 Å². The van der Waals surface area contributed by atoms with Gasteiger partial charge in [-0.2, -0.15) is 0 Å². The third kappa shape index (κ3) is 3.10. The molecule has 0 aliphatic carbocycles. The Morgan fingerprint density at radius 3 is 2.76 bits per heavy atom. The zero-order valence-corrected chi connectivity index (χ0v) is 13.6. The van der Waals surface area contributed by atoms with Gasteiger partial charge in [-0.1, -0.05) is 24.3 Å². The van der Waals surface area contributed by atoms with Crippen molar-refractivity contribution in [2.75, 3.05) is 6.54 Å². The standard InChI is InChI=1S/C17H15FINO/c18-14-7-1-4-12(10-14)5-3-9-20-11-13-6-2-8-15(19)16(13)17(20)21/h1-2,4,6-8,10H,3,5,9,11H2. The summed E-state index contributed by atoms with van der Waals surface area (Å²) in [6, 6.07) is 12.6. The molecule has 4 heteroatoms. The van der Waals surface area contributed by atoms with Crippen LogP contribution in [-0.4, -0.2) is 17.4 Å². The normalized spacial score (nSPS) is 13.6. The van der Waals surface area contributed by atoms with Crippen molar-refractivity contribution in [3.63, 3.8) is 0 Å². The minimum atomic E-state index is -0.202. The molecule has 3 rings (SSSR count). The van der Waals surface area contributed by atoms with E-state index in [4.69, 9.17) is 0 Å². The number of halogens is 2. The minimum absolute atomic E-state index is 0.120.